The molecule has 0 bridgehead atoms. The van der Waals surface area contributed by atoms with Crippen LogP contribution in [0, 0.1) is 0 Å². The van der Waals surface area contributed by atoms with E-state index in [1.54, 1.807) is 78.9 Å². The molecule has 0 aliphatic heterocycles. The van der Waals surface area contributed by atoms with Gasteiger partial charge in [-0.15, -0.1) is 0 Å². The molecule has 0 spiro atoms. The number of benzene rings is 3. The first-order valence-corrected chi connectivity index (χ1v) is 12.8. The highest BCUT2D eigenvalue weighted by Gasteiger charge is 2.35. The summed E-state index contributed by atoms with van der Waals surface area (Å²) in [6.45, 7) is 3.84. The molecule has 6 nitrogen and oxygen atoms in total. The minimum atomic E-state index is -1.40. The van der Waals surface area contributed by atoms with E-state index in [0.29, 0.717) is 27.8 Å². The van der Waals surface area contributed by atoms with Gasteiger partial charge in [-0.25, -0.2) is 0 Å². The molecule has 6 heteroatoms. The standard InChI is InChI=1S/C20H22O4.C14H8O2/c1-14(2)11-13-20(24)12-5-6-15(19(20)23)9-10-18(22)16-7-3-4-8-17(16)21;15-13-9-5-1-2-6-10(9)14(16)12-8-4-3-7-11(12)13/h3-12,19,21,23-24H,13H2,1-2H3;1-8H/b10-9+;. The molecular formula is C34H30O6. The lowest BCUT2D eigenvalue weighted by atomic mass is 9.83. The molecule has 0 amide bonds. The van der Waals surface area contributed by atoms with Crippen LogP contribution in [0.25, 0.3) is 0 Å². The molecule has 202 valence electrons. The van der Waals surface area contributed by atoms with Crippen molar-refractivity contribution < 1.29 is 29.7 Å². The fraction of sp³-hybridized carbons (Fsp3) is 0.147. The number of carbonyl (C=O) groups excluding carboxylic acids is 3. The Kier molecular flexibility index (Phi) is 8.53. The lowest BCUT2D eigenvalue weighted by Gasteiger charge is -2.32. The highest BCUT2D eigenvalue weighted by Crippen LogP contribution is 2.29. The number of phenols is 1. The van der Waals surface area contributed by atoms with Gasteiger partial charge in [0.25, 0.3) is 0 Å². The first-order valence-electron chi connectivity index (χ1n) is 12.8. The lowest BCUT2D eigenvalue weighted by Crippen LogP contribution is -2.42. The number of hydrogen-bond acceptors (Lipinski definition) is 6. The maximum Gasteiger partial charge on any atom is 0.194 e. The molecule has 0 aromatic heterocycles. The van der Waals surface area contributed by atoms with Gasteiger partial charge in [0.15, 0.2) is 17.3 Å². The fourth-order valence-electron chi connectivity index (χ4n) is 4.48. The topological polar surface area (TPSA) is 112 Å². The van der Waals surface area contributed by atoms with Crippen LogP contribution >= 0.6 is 0 Å². The van der Waals surface area contributed by atoms with Crippen molar-refractivity contribution in [3.63, 3.8) is 0 Å². The van der Waals surface area contributed by atoms with Gasteiger partial charge in [0.1, 0.15) is 17.5 Å². The zero-order valence-electron chi connectivity index (χ0n) is 22.2. The molecule has 40 heavy (non-hydrogen) atoms. The Bertz CT molecular complexity index is 1480. The predicted octanol–water partition coefficient (Wildman–Crippen LogP) is 5.54. The van der Waals surface area contributed by atoms with Crippen molar-refractivity contribution in [1.82, 2.24) is 0 Å². The van der Waals surface area contributed by atoms with Gasteiger partial charge in [-0.1, -0.05) is 90.5 Å². The summed E-state index contributed by atoms with van der Waals surface area (Å²) in [7, 11) is 0. The summed E-state index contributed by atoms with van der Waals surface area (Å²) >= 11 is 0. The van der Waals surface area contributed by atoms with Gasteiger partial charge in [0.05, 0.1) is 5.56 Å². The van der Waals surface area contributed by atoms with Crippen molar-refractivity contribution in [1.29, 1.82) is 0 Å². The average Bonchev–Trinajstić information content (AvgIpc) is 2.96. The molecule has 2 unspecified atom stereocenters. The molecule has 3 aromatic rings. The molecule has 2 aliphatic carbocycles. The van der Waals surface area contributed by atoms with E-state index < -0.39 is 11.7 Å². The molecular weight excluding hydrogens is 504 g/mol. The van der Waals surface area contributed by atoms with E-state index in [1.165, 1.54) is 24.3 Å². The molecule has 2 atom stereocenters. The Morgan fingerprint density at radius 2 is 1.35 bits per heavy atom. The molecule has 0 saturated carbocycles. The number of ketones is 3. The van der Waals surface area contributed by atoms with Crippen LogP contribution in [0.15, 0.2) is 120 Å². The molecule has 0 fully saturated rings. The van der Waals surface area contributed by atoms with Gasteiger partial charge in [-0.05, 0) is 43.7 Å². The number of phenolic OH excluding ortho intramolecular Hbond substituents is 1. The molecule has 0 saturated heterocycles. The Morgan fingerprint density at radius 3 is 1.85 bits per heavy atom. The normalized spacial score (nSPS) is 19.2. The van der Waals surface area contributed by atoms with Gasteiger partial charge >= 0.3 is 0 Å². The van der Waals surface area contributed by atoms with Crippen LogP contribution in [-0.2, 0) is 0 Å². The predicted molar refractivity (Wildman–Crippen MR) is 154 cm³/mol. The van der Waals surface area contributed by atoms with E-state index in [9.17, 15) is 29.7 Å². The third-order valence-electron chi connectivity index (χ3n) is 6.73. The third-order valence-corrected chi connectivity index (χ3v) is 6.73. The van der Waals surface area contributed by atoms with E-state index in [4.69, 9.17) is 0 Å². The Balaban J connectivity index is 0.000000199. The van der Waals surface area contributed by atoms with E-state index >= 15 is 0 Å². The van der Waals surface area contributed by atoms with Crippen molar-refractivity contribution in [2.75, 3.05) is 0 Å². The molecule has 2 aliphatic rings. The number of hydrogen-bond donors (Lipinski definition) is 3. The minimum Gasteiger partial charge on any atom is -0.507 e. The second-order valence-electron chi connectivity index (χ2n) is 9.87. The van der Waals surface area contributed by atoms with Crippen molar-refractivity contribution in [3.05, 3.63) is 148 Å². The molecule has 3 aromatic carbocycles. The second-order valence-corrected chi connectivity index (χ2v) is 9.87. The summed E-state index contributed by atoms with van der Waals surface area (Å²) in [6.07, 6.45) is 8.62. The number of fused-ring (bicyclic) bond motifs is 2. The van der Waals surface area contributed by atoms with Gasteiger partial charge in [-0.2, -0.15) is 0 Å². The van der Waals surface area contributed by atoms with Crippen LogP contribution in [0.1, 0.15) is 62.5 Å². The van der Waals surface area contributed by atoms with Crippen LogP contribution in [0.3, 0.4) is 0 Å². The SMILES string of the molecule is CC(C)=CCC1(O)C=CC=C(/C=C/C(=O)c2ccccc2O)C1O.O=C1c2ccccc2C(=O)c2ccccc21. The number of para-hydroxylation sites is 1. The molecule has 0 heterocycles. The van der Waals surface area contributed by atoms with Crippen LogP contribution in [0.4, 0.5) is 0 Å². The monoisotopic (exact) mass is 534 g/mol. The summed E-state index contributed by atoms with van der Waals surface area (Å²) in [4.78, 5) is 36.3. The van der Waals surface area contributed by atoms with E-state index in [2.05, 4.69) is 0 Å². The van der Waals surface area contributed by atoms with E-state index in [0.717, 1.165) is 5.57 Å². The van der Waals surface area contributed by atoms with Gasteiger partial charge < -0.3 is 15.3 Å². The Labute approximate surface area is 232 Å². The maximum absolute atomic E-state index is 12.1. The smallest absolute Gasteiger partial charge is 0.194 e. The number of allylic oxidation sites excluding steroid dienone is 4. The Hall–Kier alpha value is -4.65. The van der Waals surface area contributed by atoms with Crippen molar-refractivity contribution in [2.24, 2.45) is 0 Å². The highest BCUT2D eigenvalue weighted by atomic mass is 16.3. The van der Waals surface area contributed by atoms with Gasteiger partial charge in [-0.3, -0.25) is 14.4 Å². The largest absolute Gasteiger partial charge is 0.507 e. The van der Waals surface area contributed by atoms with Crippen molar-refractivity contribution in [3.8, 4) is 5.75 Å². The zero-order valence-corrected chi connectivity index (χ0v) is 22.2. The average molecular weight is 535 g/mol. The van der Waals surface area contributed by atoms with E-state index in [-0.39, 0.29) is 35.1 Å². The van der Waals surface area contributed by atoms with Crippen LogP contribution in [0.5, 0.6) is 5.75 Å². The summed E-state index contributed by atoms with van der Waals surface area (Å²) in [6, 6.07) is 20.2. The van der Waals surface area contributed by atoms with Gasteiger partial charge in [0.2, 0.25) is 0 Å². The Morgan fingerprint density at radius 1 is 0.850 bits per heavy atom. The number of rotatable bonds is 5. The van der Waals surface area contributed by atoms with Crippen molar-refractivity contribution in [2.45, 2.75) is 32.0 Å². The van der Waals surface area contributed by atoms with Crippen LogP contribution in [-0.4, -0.2) is 44.4 Å². The van der Waals surface area contributed by atoms with Gasteiger partial charge in [0, 0.05) is 28.7 Å². The zero-order chi connectivity index (χ0) is 28.9. The maximum atomic E-state index is 12.1. The fourth-order valence-corrected chi connectivity index (χ4v) is 4.48. The quantitative estimate of drug-likeness (QED) is 0.176. The molecule has 0 radical (unpaired) electrons. The first kappa shape index (κ1) is 28.4. The summed E-state index contributed by atoms with van der Waals surface area (Å²) in [5.74, 6) is -0.592. The number of aliphatic hydroxyl groups is 2. The van der Waals surface area contributed by atoms with Crippen LogP contribution in [0.2, 0.25) is 0 Å². The lowest BCUT2D eigenvalue weighted by molar-refractivity contribution is -0.0173. The summed E-state index contributed by atoms with van der Waals surface area (Å²) in [5.41, 5.74) is 2.30. The summed E-state index contributed by atoms with van der Waals surface area (Å²) in [5, 5.41) is 30.7. The minimum absolute atomic E-state index is 0.0641. The molecule has 3 N–H and O–H groups in total. The van der Waals surface area contributed by atoms with Crippen molar-refractivity contribution >= 4 is 17.3 Å². The van der Waals surface area contributed by atoms with Crippen LogP contribution < -0.4 is 0 Å². The highest BCUT2D eigenvalue weighted by molar-refractivity contribution is 6.28. The number of carbonyl (C=O) groups is 3. The summed E-state index contributed by atoms with van der Waals surface area (Å²) < 4.78 is 0. The second kappa shape index (κ2) is 12.0. The number of aliphatic hydroxyl groups excluding tert-OH is 1. The number of aromatic hydroxyl groups is 1. The molecule has 5 rings (SSSR count). The first-order chi connectivity index (χ1) is 19.1. The van der Waals surface area contributed by atoms with E-state index in [1.807, 2.05) is 19.9 Å². The third kappa shape index (κ3) is 5.99.